The number of hydrogen-bond acceptors (Lipinski definition) is 7. The fraction of sp³-hybridized carbons (Fsp3) is 0.875. The minimum absolute atomic E-state index is 0.0867. The highest BCUT2D eigenvalue weighted by Crippen LogP contribution is 2.23. The minimum Gasteiger partial charge on any atom is -0.431 e. The predicted octanol–water partition coefficient (Wildman–Crippen LogP) is 0.374. The molecule has 0 amide bonds. The van der Waals surface area contributed by atoms with Crippen molar-refractivity contribution in [3.05, 3.63) is 0 Å². The molecule has 94 valence electrons. The van der Waals surface area contributed by atoms with Crippen LogP contribution in [0.2, 0.25) is 0 Å². The number of carbonyl (C=O) groups is 1. The maximum absolute atomic E-state index is 10.6. The lowest BCUT2D eigenvalue weighted by molar-refractivity contribution is -0.461. The summed E-state index contributed by atoms with van der Waals surface area (Å²) in [5.74, 6) is 0. The van der Waals surface area contributed by atoms with E-state index in [9.17, 15) is 9.90 Å². The first kappa shape index (κ1) is 13.6. The molecular weight excluding hydrogens is 239 g/mol. The molecule has 0 aromatic carbocycles. The van der Waals surface area contributed by atoms with Gasteiger partial charge in [-0.15, -0.1) is 0 Å². The lowest BCUT2D eigenvalue weighted by atomic mass is 10.4. The van der Waals surface area contributed by atoms with E-state index in [1.54, 1.807) is 23.3 Å². The van der Waals surface area contributed by atoms with Gasteiger partial charge in [0, 0.05) is 0 Å². The van der Waals surface area contributed by atoms with Gasteiger partial charge in [0.2, 0.25) is 0 Å². The van der Waals surface area contributed by atoms with E-state index < -0.39 is 18.4 Å². The lowest BCUT2D eigenvalue weighted by Crippen LogP contribution is -2.38. The molecule has 16 heavy (non-hydrogen) atoms. The summed E-state index contributed by atoms with van der Waals surface area (Å²) in [7, 11) is 1.76. The van der Waals surface area contributed by atoms with Crippen molar-refractivity contribution in [3.8, 4) is 0 Å². The topological polar surface area (TPSA) is 83.5 Å². The van der Waals surface area contributed by atoms with E-state index in [2.05, 4.69) is 9.26 Å². The molecule has 0 bridgehead atoms. The Hall–Kier alpha value is -0.460. The number of ether oxygens (including phenoxy) is 4. The monoisotopic (exact) mass is 254 g/mol. The third-order valence-electron chi connectivity index (χ3n) is 1.73. The van der Waals surface area contributed by atoms with Gasteiger partial charge in [0.05, 0.1) is 28.3 Å². The second kappa shape index (κ2) is 5.75. The fourth-order valence-electron chi connectivity index (χ4n) is 1.11. The first-order valence-corrected chi connectivity index (χ1v) is 5.18. The SMILES string of the molecule is CC(COC(=O)OP)OC1(O)OCC(C)O1. The van der Waals surface area contributed by atoms with Crippen molar-refractivity contribution in [2.45, 2.75) is 32.2 Å². The molecule has 1 saturated heterocycles. The van der Waals surface area contributed by atoms with E-state index in [0.29, 0.717) is 0 Å². The highest BCUT2D eigenvalue weighted by atomic mass is 31.0. The molecule has 4 unspecified atom stereocenters. The van der Waals surface area contributed by atoms with Crippen molar-refractivity contribution in [2.24, 2.45) is 0 Å². The standard InChI is InChI=1S/C8H15O7P/c1-5(3-11-7(9)15-16)13-8(10)12-4-6(2)14-8/h5-6,10H,3-4,16H2,1-2H3. The van der Waals surface area contributed by atoms with E-state index in [1.807, 2.05) is 0 Å². The van der Waals surface area contributed by atoms with E-state index >= 15 is 0 Å². The molecule has 0 radical (unpaired) electrons. The van der Waals surface area contributed by atoms with Gasteiger partial charge in [-0.3, -0.25) is 9.47 Å². The predicted molar refractivity (Wildman–Crippen MR) is 54.1 cm³/mol. The summed E-state index contributed by atoms with van der Waals surface area (Å²) in [5, 5.41) is 9.61. The first-order valence-electron chi connectivity index (χ1n) is 4.70. The molecule has 1 fully saturated rings. The van der Waals surface area contributed by atoms with Crippen molar-refractivity contribution in [2.75, 3.05) is 13.2 Å². The van der Waals surface area contributed by atoms with E-state index in [-0.39, 0.29) is 19.3 Å². The second-order valence-corrected chi connectivity index (χ2v) is 3.61. The van der Waals surface area contributed by atoms with Gasteiger partial charge < -0.3 is 19.1 Å². The van der Waals surface area contributed by atoms with Gasteiger partial charge >= 0.3 is 12.3 Å². The Morgan fingerprint density at radius 2 is 2.44 bits per heavy atom. The van der Waals surface area contributed by atoms with Crippen molar-refractivity contribution >= 4 is 15.6 Å². The Labute approximate surface area is 95.2 Å². The summed E-state index contributed by atoms with van der Waals surface area (Å²) in [4.78, 5) is 10.6. The van der Waals surface area contributed by atoms with Crippen LogP contribution in [0.5, 0.6) is 0 Å². The normalized spacial score (nSPS) is 31.1. The Kier molecular flexibility index (Phi) is 4.89. The summed E-state index contributed by atoms with van der Waals surface area (Å²) in [6.07, 6.45) is -3.77. The third-order valence-corrected chi connectivity index (χ3v) is 1.93. The van der Waals surface area contributed by atoms with Crippen molar-refractivity contribution in [3.63, 3.8) is 0 Å². The van der Waals surface area contributed by atoms with Gasteiger partial charge in [0.25, 0.3) is 0 Å². The smallest absolute Gasteiger partial charge is 0.431 e. The van der Waals surface area contributed by atoms with Crippen LogP contribution in [0.1, 0.15) is 13.8 Å². The van der Waals surface area contributed by atoms with Gasteiger partial charge in [-0.1, -0.05) is 0 Å². The molecule has 1 heterocycles. The van der Waals surface area contributed by atoms with E-state index in [0.717, 1.165) is 0 Å². The number of rotatable bonds is 4. The number of carbonyl (C=O) groups excluding carboxylic acids is 1. The average molecular weight is 254 g/mol. The average Bonchev–Trinajstić information content (AvgIpc) is 2.54. The lowest BCUT2D eigenvalue weighted by Gasteiger charge is -2.24. The van der Waals surface area contributed by atoms with Crippen molar-refractivity contribution < 1.29 is 33.4 Å². The van der Waals surface area contributed by atoms with Crippen LogP contribution in [-0.2, 0) is 23.5 Å². The Morgan fingerprint density at radius 3 is 2.94 bits per heavy atom. The van der Waals surface area contributed by atoms with Gasteiger partial charge in [-0.05, 0) is 13.8 Å². The third kappa shape index (κ3) is 4.19. The Morgan fingerprint density at radius 1 is 1.75 bits per heavy atom. The van der Waals surface area contributed by atoms with Crippen LogP contribution >= 0.6 is 9.47 Å². The molecule has 0 spiro atoms. The summed E-state index contributed by atoms with van der Waals surface area (Å²) in [6.45, 7) is 3.46. The van der Waals surface area contributed by atoms with Crippen molar-refractivity contribution in [1.82, 2.24) is 0 Å². The van der Waals surface area contributed by atoms with Gasteiger partial charge in [-0.2, -0.15) is 0 Å². The highest BCUT2D eigenvalue weighted by molar-refractivity contribution is 7.10. The largest absolute Gasteiger partial charge is 0.510 e. The van der Waals surface area contributed by atoms with Crippen molar-refractivity contribution in [1.29, 1.82) is 0 Å². The summed E-state index contributed by atoms with van der Waals surface area (Å²) in [5.41, 5.74) is 0. The minimum atomic E-state index is -2.06. The molecule has 0 aliphatic carbocycles. The van der Waals surface area contributed by atoms with Crippen LogP contribution in [0.25, 0.3) is 0 Å². The van der Waals surface area contributed by atoms with Crippen LogP contribution in [0.4, 0.5) is 4.79 Å². The molecule has 4 atom stereocenters. The van der Waals surface area contributed by atoms with Crippen LogP contribution < -0.4 is 0 Å². The number of hydrogen-bond donors (Lipinski definition) is 1. The molecule has 0 aromatic heterocycles. The van der Waals surface area contributed by atoms with Crippen LogP contribution in [-0.4, -0.2) is 42.8 Å². The zero-order valence-electron chi connectivity index (χ0n) is 9.04. The van der Waals surface area contributed by atoms with Crippen LogP contribution in [0.15, 0.2) is 0 Å². The fourth-order valence-corrected chi connectivity index (χ4v) is 1.18. The quantitative estimate of drug-likeness (QED) is 0.441. The molecule has 0 saturated carbocycles. The van der Waals surface area contributed by atoms with Gasteiger partial charge in [0.1, 0.15) is 6.61 Å². The maximum atomic E-state index is 10.6. The van der Waals surface area contributed by atoms with Crippen LogP contribution in [0.3, 0.4) is 0 Å². The Bertz CT molecular complexity index is 249. The zero-order chi connectivity index (χ0) is 12.2. The first-order chi connectivity index (χ1) is 7.45. The molecule has 7 nitrogen and oxygen atoms in total. The molecule has 1 aliphatic rings. The maximum Gasteiger partial charge on any atom is 0.510 e. The molecule has 1 aliphatic heterocycles. The summed E-state index contributed by atoms with van der Waals surface area (Å²) < 4.78 is 23.7. The summed E-state index contributed by atoms with van der Waals surface area (Å²) >= 11 is 0. The molecule has 8 heteroatoms. The molecular formula is C8H15O7P. The summed E-state index contributed by atoms with van der Waals surface area (Å²) in [6, 6.07) is 0. The van der Waals surface area contributed by atoms with E-state index in [1.165, 1.54) is 0 Å². The Balaban J connectivity index is 2.28. The van der Waals surface area contributed by atoms with Gasteiger partial charge in [0.15, 0.2) is 0 Å². The van der Waals surface area contributed by atoms with Crippen LogP contribution in [0, 0.1) is 0 Å². The second-order valence-electron chi connectivity index (χ2n) is 3.37. The molecule has 1 N–H and O–H groups in total. The molecule has 1 rings (SSSR count). The highest BCUT2D eigenvalue weighted by Gasteiger charge is 2.41. The number of aliphatic hydroxyl groups is 1. The van der Waals surface area contributed by atoms with Gasteiger partial charge in [-0.25, -0.2) is 4.79 Å². The molecule has 0 aromatic rings. The zero-order valence-corrected chi connectivity index (χ0v) is 10.2. The van der Waals surface area contributed by atoms with E-state index in [4.69, 9.17) is 14.2 Å².